The minimum absolute atomic E-state index is 0.432. The van der Waals surface area contributed by atoms with Crippen LogP contribution in [0.1, 0.15) is 0 Å². The number of rotatable bonds is 3. The Labute approximate surface area is 161 Å². The number of hydrogen-bond donors (Lipinski definition) is 2. The molecule has 0 bridgehead atoms. The Morgan fingerprint density at radius 3 is 2.36 bits per heavy atom. The summed E-state index contributed by atoms with van der Waals surface area (Å²) >= 11 is 0. The Balaban J connectivity index is 1.46. The highest BCUT2D eigenvalue weighted by molar-refractivity contribution is 5.89. The van der Waals surface area contributed by atoms with Gasteiger partial charge in [0.25, 0.3) is 0 Å². The zero-order valence-electron chi connectivity index (χ0n) is 15.0. The lowest BCUT2D eigenvalue weighted by atomic mass is 10.0. The molecule has 0 radical (unpaired) electrons. The van der Waals surface area contributed by atoms with Gasteiger partial charge in [-0.3, -0.25) is 4.98 Å². The smallest absolute Gasteiger partial charge is 0.229 e. The molecule has 5 nitrogen and oxygen atoms in total. The number of aromatic nitrogens is 3. The molecule has 0 amide bonds. The molecule has 0 aliphatic heterocycles. The summed E-state index contributed by atoms with van der Waals surface area (Å²) in [5.41, 5.74) is 9.80. The fourth-order valence-corrected chi connectivity index (χ4v) is 3.30. The van der Waals surface area contributed by atoms with E-state index in [1.165, 1.54) is 5.39 Å². The molecule has 28 heavy (non-hydrogen) atoms. The quantitative estimate of drug-likeness (QED) is 0.462. The second-order valence-corrected chi connectivity index (χ2v) is 6.60. The van der Waals surface area contributed by atoms with Crippen LogP contribution in [0, 0.1) is 0 Å². The van der Waals surface area contributed by atoms with E-state index in [1.807, 2.05) is 48.5 Å². The fraction of sp³-hybridized carbons (Fsp3) is 0. The van der Waals surface area contributed by atoms with Crippen molar-refractivity contribution in [2.24, 2.45) is 0 Å². The largest absolute Gasteiger partial charge is 0.383 e. The maximum Gasteiger partial charge on any atom is 0.229 e. The molecule has 3 N–H and O–H groups in total. The first-order chi connectivity index (χ1) is 13.8. The van der Waals surface area contributed by atoms with Gasteiger partial charge in [-0.25, -0.2) is 4.98 Å². The molecular weight excluding hydrogens is 346 g/mol. The molecule has 5 aromatic rings. The monoisotopic (exact) mass is 363 g/mol. The molecule has 0 aliphatic rings. The topological polar surface area (TPSA) is 76.7 Å². The van der Waals surface area contributed by atoms with Crippen molar-refractivity contribution < 1.29 is 0 Å². The summed E-state index contributed by atoms with van der Waals surface area (Å²) in [6.07, 6.45) is 3.52. The van der Waals surface area contributed by atoms with Gasteiger partial charge < -0.3 is 11.1 Å². The SMILES string of the molecule is Nc1nc(Nc2cnc3ccccc3c2)ncc1-c1ccc2ccccc2c1. The van der Waals surface area contributed by atoms with Crippen molar-refractivity contribution in [2.45, 2.75) is 0 Å². The van der Waals surface area contributed by atoms with Crippen LogP contribution in [0.15, 0.2) is 85.2 Å². The summed E-state index contributed by atoms with van der Waals surface area (Å²) < 4.78 is 0. The number of hydrogen-bond acceptors (Lipinski definition) is 5. The first kappa shape index (κ1) is 16.2. The Bertz CT molecular complexity index is 1310. The van der Waals surface area contributed by atoms with Gasteiger partial charge in [0.15, 0.2) is 0 Å². The van der Waals surface area contributed by atoms with E-state index in [4.69, 9.17) is 5.73 Å². The third-order valence-electron chi connectivity index (χ3n) is 4.73. The van der Waals surface area contributed by atoms with E-state index in [-0.39, 0.29) is 0 Å². The molecule has 134 valence electrons. The van der Waals surface area contributed by atoms with Gasteiger partial charge in [-0.05, 0) is 34.5 Å². The Kier molecular flexibility index (Phi) is 3.84. The lowest BCUT2D eigenvalue weighted by Crippen LogP contribution is -2.02. The van der Waals surface area contributed by atoms with E-state index < -0.39 is 0 Å². The Morgan fingerprint density at radius 2 is 1.50 bits per heavy atom. The zero-order chi connectivity index (χ0) is 18.9. The number of nitrogens with zero attached hydrogens (tertiary/aromatic N) is 3. The number of nitrogens with one attached hydrogen (secondary N) is 1. The van der Waals surface area contributed by atoms with Crippen LogP contribution in [0.25, 0.3) is 32.8 Å². The van der Waals surface area contributed by atoms with E-state index in [0.717, 1.165) is 33.1 Å². The lowest BCUT2D eigenvalue weighted by molar-refractivity contribution is 1.17. The predicted molar refractivity (Wildman–Crippen MR) is 114 cm³/mol. The van der Waals surface area contributed by atoms with Gasteiger partial charge in [0.05, 0.1) is 17.4 Å². The Morgan fingerprint density at radius 1 is 0.714 bits per heavy atom. The second kappa shape index (κ2) is 6.63. The number of anilines is 3. The van der Waals surface area contributed by atoms with Gasteiger partial charge >= 0.3 is 0 Å². The van der Waals surface area contributed by atoms with Crippen molar-refractivity contribution >= 4 is 39.1 Å². The number of para-hydroxylation sites is 1. The van der Waals surface area contributed by atoms with Crippen LogP contribution in [-0.2, 0) is 0 Å². The van der Waals surface area contributed by atoms with Crippen molar-refractivity contribution in [1.82, 2.24) is 15.0 Å². The van der Waals surface area contributed by atoms with Crippen molar-refractivity contribution in [2.75, 3.05) is 11.1 Å². The fourth-order valence-electron chi connectivity index (χ4n) is 3.30. The number of nitrogen functional groups attached to an aromatic ring is 1. The number of pyridine rings is 1. The van der Waals surface area contributed by atoms with Crippen LogP contribution in [0.4, 0.5) is 17.5 Å². The summed E-state index contributed by atoms with van der Waals surface area (Å²) in [6, 6.07) is 24.4. The standard InChI is InChI=1S/C23H17N5/c24-22-20(17-10-9-15-5-1-2-6-16(15)11-17)14-26-23(28-22)27-19-12-18-7-3-4-8-21(18)25-13-19/h1-14H,(H3,24,26,27,28). The van der Waals surface area contributed by atoms with Crippen molar-refractivity contribution in [1.29, 1.82) is 0 Å². The highest BCUT2D eigenvalue weighted by Crippen LogP contribution is 2.28. The number of nitrogens with two attached hydrogens (primary N) is 1. The van der Waals surface area contributed by atoms with Crippen molar-refractivity contribution in [3.8, 4) is 11.1 Å². The van der Waals surface area contributed by atoms with E-state index in [0.29, 0.717) is 11.8 Å². The number of fused-ring (bicyclic) bond motifs is 2. The minimum atomic E-state index is 0.432. The van der Waals surface area contributed by atoms with Crippen LogP contribution in [0.5, 0.6) is 0 Å². The van der Waals surface area contributed by atoms with E-state index >= 15 is 0 Å². The van der Waals surface area contributed by atoms with E-state index in [1.54, 1.807) is 12.4 Å². The third-order valence-corrected chi connectivity index (χ3v) is 4.73. The van der Waals surface area contributed by atoms with Crippen LogP contribution in [0.2, 0.25) is 0 Å². The van der Waals surface area contributed by atoms with Crippen molar-refractivity contribution in [3.63, 3.8) is 0 Å². The minimum Gasteiger partial charge on any atom is -0.383 e. The molecule has 0 fully saturated rings. The summed E-state index contributed by atoms with van der Waals surface area (Å²) in [5, 5.41) is 6.57. The molecule has 0 atom stereocenters. The normalized spacial score (nSPS) is 11.0. The maximum atomic E-state index is 6.23. The zero-order valence-corrected chi connectivity index (χ0v) is 15.0. The molecule has 0 aliphatic carbocycles. The first-order valence-corrected chi connectivity index (χ1v) is 9.00. The molecule has 5 heteroatoms. The summed E-state index contributed by atoms with van der Waals surface area (Å²) in [6.45, 7) is 0. The van der Waals surface area contributed by atoms with Gasteiger partial charge in [-0.15, -0.1) is 0 Å². The van der Waals surface area contributed by atoms with E-state index in [9.17, 15) is 0 Å². The molecule has 0 unspecified atom stereocenters. The third kappa shape index (κ3) is 2.99. The molecule has 0 saturated heterocycles. The van der Waals surface area contributed by atoms with Crippen LogP contribution < -0.4 is 11.1 Å². The highest BCUT2D eigenvalue weighted by atomic mass is 15.1. The van der Waals surface area contributed by atoms with Crippen LogP contribution in [-0.4, -0.2) is 15.0 Å². The van der Waals surface area contributed by atoms with Crippen LogP contribution >= 0.6 is 0 Å². The van der Waals surface area contributed by atoms with Gasteiger partial charge in [0.1, 0.15) is 5.82 Å². The molecule has 0 saturated carbocycles. The van der Waals surface area contributed by atoms with Crippen LogP contribution in [0.3, 0.4) is 0 Å². The molecule has 5 rings (SSSR count). The molecule has 2 heterocycles. The van der Waals surface area contributed by atoms with Gasteiger partial charge in [-0.2, -0.15) is 4.98 Å². The first-order valence-electron chi connectivity index (χ1n) is 9.00. The summed E-state index contributed by atoms with van der Waals surface area (Å²) in [5.74, 6) is 0.876. The highest BCUT2D eigenvalue weighted by Gasteiger charge is 2.08. The maximum absolute atomic E-state index is 6.23. The van der Waals surface area contributed by atoms with Gasteiger partial charge in [0, 0.05) is 17.1 Å². The average Bonchev–Trinajstić information content (AvgIpc) is 2.73. The predicted octanol–water partition coefficient (Wildman–Crippen LogP) is 5.17. The van der Waals surface area contributed by atoms with Crippen molar-refractivity contribution in [3.05, 3.63) is 85.2 Å². The summed E-state index contributed by atoms with van der Waals surface area (Å²) in [7, 11) is 0. The second-order valence-electron chi connectivity index (χ2n) is 6.60. The van der Waals surface area contributed by atoms with Gasteiger partial charge in [-0.1, -0.05) is 54.6 Å². The molecular formula is C23H17N5. The molecule has 2 aromatic heterocycles. The molecule has 3 aromatic carbocycles. The molecule has 0 spiro atoms. The Hall–Kier alpha value is -3.99. The summed E-state index contributed by atoms with van der Waals surface area (Å²) in [4.78, 5) is 13.3. The van der Waals surface area contributed by atoms with Gasteiger partial charge in [0.2, 0.25) is 5.95 Å². The van der Waals surface area contributed by atoms with E-state index in [2.05, 4.69) is 44.5 Å². The average molecular weight is 363 g/mol. The number of benzene rings is 3. The lowest BCUT2D eigenvalue weighted by Gasteiger charge is -2.10.